The third kappa shape index (κ3) is 9.78. The first-order valence-electron chi connectivity index (χ1n) is 17.4. The molecule has 5 N–H and O–H groups in total. The van der Waals surface area contributed by atoms with Crippen molar-refractivity contribution in [2.75, 3.05) is 13.7 Å². The summed E-state index contributed by atoms with van der Waals surface area (Å²) in [6.45, 7) is 6.07. The molecule has 1 aliphatic carbocycles. The Kier molecular flexibility index (Phi) is 12.4. The summed E-state index contributed by atoms with van der Waals surface area (Å²) in [6.07, 6.45) is 4.22. The molecule has 1 heterocycles. The number of carbonyl (C=O) groups excluding carboxylic acids is 3. The van der Waals surface area contributed by atoms with Gasteiger partial charge >= 0.3 is 6.09 Å². The van der Waals surface area contributed by atoms with Crippen LogP contribution in [0.5, 0.6) is 0 Å². The number of methoxy groups -OCH3 is 1. The van der Waals surface area contributed by atoms with Gasteiger partial charge in [-0.3, -0.25) is 15.0 Å². The highest BCUT2D eigenvalue weighted by Gasteiger charge is 2.40. The fourth-order valence-corrected chi connectivity index (χ4v) is 6.52. The number of hydrazine groups is 1. The van der Waals surface area contributed by atoms with Crippen molar-refractivity contribution in [1.29, 1.82) is 0 Å². The molecule has 4 atom stereocenters. The molecular weight excluding hydrogens is 660 g/mol. The summed E-state index contributed by atoms with van der Waals surface area (Å²) < 4.78 is 4.79. The second-order valence-electron chi connectivity index (χ2n) is 14.4. The first kappa shape index (κ1) is 38.1. The van der Waals surface area contributed by atoms with Gasteiger partial charge in [0, 0.05) is 43.9 Å². The molecule has 0 aliphatic heterocycles. The molecule has 0 saturated heterocycles. The fourth-order valence-electron chi connectivity index (χ4n) is 6.52. The lowest BCUT2D eigenvalue weighted by molar-refractivity contribution is -0.142. The maximum atomic E-state index is 14.0. The third-order valence-corrected chi connectivity index (χ3v) is 9.34. The van der Waals surface area contributed by atoms with Crippen LogP contribution in [0, 0.1) is 5.41 Å². The standard InChI is InChI=1S/C40H48N6O6/c1-39(2,3)35(44-38(50)52-4)36(48)45-46(25-28-15-17-29(18-16-28)31-23-41-26-42-24-31)20-10-19-40(51,22-27-11-6-5-7-12-27)37(49)43-34-32-14-9-8-13-30(32)21-33(34)47/h5-9,11-18,23-24,26,33-35,47,51H,10,19-22,25H2,1-4H3,(H,43,49)(H,44,50)(H,45,48)/t33-,34+,35-,40-/m1/s1. The zero-order chi connectivity index (χ0) is 37.3. The Bertz CT molecular complexity index is 1800. The number of hydrogen-bond acceptors (Lipinski definition) is 9. The lowest BCUT2D eigenvalue weighted by Crippen LogP contribution is -2.57. The molecule has 0 bridgehead atoms. The highest BCUT2D eigenvalue weighted by Crippen LogP contribution is 2.32. The Morgan fingerprint density at radius 1 is 0.923 bits per heavy atom. The summed E-state index contributed by atoms with van der Waals surface area (Å²) >= 11 is 0. The number of benzene rings is 3. The number of rotatable bonds is 14. The van der Waals surface area contributed by atoms with Crippen LogP contribution in [0.2, 0.25) is 0 Å². The van der Waals surface area contributed by atoms with Crippen LogP contribution < -0.4 is 16.1 Å². The van der Waals surface area contributed by atoms with E-state index >= 15 is 0 Å². The molecule has 274 valence electrons. The molecule has 52 heavy (non-hydrogen) atoms. The van der Waals surface area contributed by atoms with Crippen molar-refractivity contribution in [2.45, 2.75) is 76.8 Å². The molecule has 0 radical (unpaired) electrons. The average Bonchev–Trinajstić information content (AvgIpc) is 3.45. The zero-order valence-electron chi connectivity index (χ0n) is 30.1. The SMILES string of the molecule is COC(=O)N[C@H](C(=O)NN(CCC[C@@](O)(Cc1ccccc1)C(=O)N[C@H]1c2ccccc2C[C@H]1O)Cc1ccc(-c2cncnc2)cc1)C(C)(C)C. The van der Waals surface area contributed by atoms with E-state index in [2.05, 4.69) is 26.0 Å². The summed E-state index contributed by atoms with van der Waals surface area (Å²) in [4.78, 5) is 48.1. The van der Waals surface area contributed by atoms with Gasteiger partial charge in [0.25, 0.3) is 11.8 Å². The Morgan fingerprint density at radius 3 is 2.27 bits per heavy atom. The number of aliphatic hydroxyl groups excluding tert-OH is 1. The van der Waals surface area contributed by atoms with E-state index in [1.165, 1.54) is 13.4 Å². The van der Waals surface area contributed by atoms with Gasteiger partial charge in [0.15, 0.2) is 0 Å². The van der Waals surface area contributed by atoms with Crippen LogP contribution in [0.4, 0.5) is 4.79 Å². The van der Waals surface area contributed by atoms with Crippen LogP contribution in [0.15, 0.2) is 97.6 Å². The first-order chi connectivity index (χ1) is 24.9. The predicted octanol–water partition coefficient (Wildman–Crippen LogP) is 4.28. The number of aliphatic hydroxyl groups is 2. The maximum absolute atomic E-state index is 14.0. The number of nitrogens with zero attached hydrogens (tertiary/aromatic N) is 3. The number of ether oxygens (including phenoxy) is 1. The summed E-state index contributed by atoms with van der Waals surface area (Å²) in [6, 6.07) is 23.1. The van der Waals surface area contributed by atoms with Crippen molar-refractivity contribution in [3.63, 3.8) is 0 Å². The third-order valence-electron chi connectivity index (χ3n) is 9.34. The second kappa shape index (κ2) is 16.9. The van der Waals surface area contributed by atoms with Crippen LogP contribution in [0.25, 0.3) is 11.1 Å². The topological polar surface area (TPSA) is 166 Å². The number of aromatic nitrogens is 2. The van der Waals surface area contributed by atoms with E-state index in [1.807, 2.05) is 99.6 Å². The molecule has 12 heteroatoms. The van der Waals surface area contributed by atoms with Crippen molar-refractivity contribution in [1.82, 2.24) is 31.0 Å². The average molecular weight is 709 g/mol. The first-order valence-corrected chi connectivity index (χ1v) is 17.4. The van der Waals surface area contributed by atoms with Gasteiger partial charge in [-0.2, -0.15) is 0 Å². The van der Waals surface area contributed by atoms with E-state index in [4.69, 9.17) is 4.74 Å². The van der Waals surface area contributed by atoms with Gasteiger partial charge in [-0.25, -0.2) is 19.8 Å². The second-order valence-corrected chi connectivity index (χ2v) is 14.4. The number of alkyl carbamates (subject to hydrolysis) is 1. The molecular formula is C40H48N6O6. The smallest absolute Gasteiger partial charge is 0.407 e. The van der Waals surface area contributed by atoms with Gasteiger partial charge in [0.05, 0.1) is 19.3 Å². The Balaban J connectivity index is 1.36. The van der Waals surface area contributed by atoms with Crippen molar-refractivity contribution in [3.8, 4) is 11.1 Å². The lowest BCUT2D eigenvalue weighted by atomic mass is 9.86. The lowest BCUT2D eigenvalue weighted by Gasteiger charge is -2.33. The monoisotopic (exact) mass is 708 g/mol. The molecule has 0 fully saturated rings. The van der Waals surface area contributed by atoms with E-state index in [-0.39, 0.29) is 19.4 Å². The molecule has 3 amide bonds. The van der Waals surface area contributed by atoms with Gasteiger partial charge in [0.1, 0.15) is 18.0 Å². The Labute approximate surface area is 304 Å². The van der Waals surface area contributed by atoms with E-state index in [0.29, 0.717) is 19.4 Å². The van der Waals surface area contributed by atoms with E-state index in [9.17, 15) is 24.6 Å². The number of fused-ring (bicyclic) bond motifs is 1. The van der Waals surface area contributed by atoms with Crippen molar-refractivity contribution >= 4 is 17.9 Å². The molecule has 0 saturated carbocycles. The Hall–Kier alpha value is -5.17. The van der Waals surface area contributed by atoms with E-state index in [1.54, 1.807) is 17.4 Å². The summed E-state index contributed by atoms with van der Waals surface area (Å²) in [7, 11) is 1.24. The predicted molar refractivity (Wildman–Crippen MR) is 196 cm³/mol. The van der Waals surface area contributed by atoms with Crippen LogP contribution in [0.1, 0.15) is 61.9 Å². The van der Waals surface area contributed by atoms with Gasteiger partial charge in [-0.1, -0.05) is 99.6 Å². The van der Waals surface area contributed by atoms with Crippen molar-refractivity contribution < 1.29 is 29.3 Å². The quantitative estimate of drug-likeness (QED) is 0.120. The fraction of sp³-hybridized carbons (Fsp3) is 0.375. The summed E-state index contributed by atoms with van der Waals surface area (Å²) in [5, 5.41) is 30.3. The van der Waals surface area contributed by atoms with Crippen LogP contribution in [0.3, 0.4) is 0 Å². The van der Waals surface area contributed by atoms with Crippen LogP contribution in [-0.4, -0.2) is 74.5 Å². The van der Waals surface area contributed by atoms with Gasteiger partial charge in [-0.15, -0.1) is 0 Å². The summed E-state index contributed by atoms with van der Waals surface area (Å²) in [5.74, 6) is -1.02. The van der Waals surface area contributed by atoms with Crippen molar-refractivity contribution in [3.05, 3.63) is 120 Å². The molecule has 1 aliphatic rings. The van der Waals surface area contributed by atoms with Gasteiger partial charge in [-0.05, 0) is 46.1 Å². The van der Waals surface area contributed by atoms with Gasteiger partial charge in [0.2, 0.25) is 0 Å². The number of carbonyl (C=O) groups is 3. The minimum absolute atomic E-state index is 0.0519. The molecule has 0 unspecified atom stereocenters. The highest BCUT2D eigenvalue weighted by atomic mass is 16.5. The van der Waals surface area contributed by atoms with Crippen molar-refractivity contribution in [2.24, 2.45) is 5.41 Å². The largest absolute Gasteiger partial charge is 0.453 e. The van der Waals surface area contributed by atoms with E-state index < -0.39 is 47.1 Å². The number of hydrogen-bond donors (Lipinski definition) is 5. The number of amides is 3. The molecule has 3 aromatic carbocycles. The molecule has 0 spiro atoms. The van der Waals surface area contributed by atoms with Gasteiger partial charge < -0.3 is 25.6 Å². The highest BCUT2D eigenvalue weighted by molar-refractivity contribution is 5.86. The Morgan fingerprint density at radius 2 is 1.60 bits per heavy atom. The minimum Gasteiger partial charge on any atom is -0.453 e. The zero-order valence-corrected chi connectivity index (χ0v) is 30.1. The van der Waals surface area contributed by atoms with Crippen LogP contribution in [-0.2, 0) is 33.7 Å². The van der Waals surface area contributed by atoms with E-state index in [0.717, 1.165) is 33.4 Å². The normalized spacial score (nSPS) is 17.1. The maximum Gasteiger partial charge on any atom is 0.407 e. The molecule has 1 aromatic heterocycles. The van der Waals surface area contributed by atoms with Crippen LogP contribution >= 0.6 is 0 Å². The molecule has 12 nitrogen and oxygen atoms in total. The number of nitrogens with one attached hydrogen (secondary N) is 3. The molecule has 5 rings (SSSR count). The molecule has 4 aromatic rings. The minimum atomic E-state index is -1.83. The summed E-state index contributed by atoms with van der Waals surface area (Å²) in [5.41, 5.74) is 5.76.